The molecule has 1 fully saturated rings. The highest BCUT2D eigenvalue weighted by molar-refractivity contribution is 6.33. The molecule has 82 valence electrons. The van der Waals surface area contributed by atoms with Crippen LogP contribution < -0.4 is 11.1 Å². The summed E-state index contributed by atoms with van der Waals surface area (Å²) in [5, 5.41) is 3.91. The number of halogens is 1. The maximum atomic E-state index is 6.02. The van der Waals surface area contributed by atoms with Crippen molar-refractivity contribution in [1.29, 1.82) is 0 Å². The number of nitrogens with zero attached hydrogens (tertiary/aromatic N) is 1. The number of anilines is 2. The molecule has 2 rings (SSSR count). The fraction of sp³-hybridized carbons (Fsp3) is 0.545. The Kier molecular flexibility index (Phi) is 3.00. The first-order chi connectivity index (χ1) is 7.15. The van der Waals surface area contributed by atoms with Crippen LogP contribution in [0.15, 0.2) is 12.3 Å². The van der Waals surface area contributed by atoms with Crippen LogP contribution in [0, 0.1) is 5.92 Å². The molecule has 0 radical (unpaired) electrons. The predicted molar refractivity (Wildman–Crippen MR) is 64.1 cm³/mol. The Morgan fingerprint density at radius 1 is 1.67 bits per heavy atom. The topological polar surface area (TPSA) is 50.9 Å². The number of hydrogen-bond donors (Lipinski definition) is 2. The van der Waals surface area contributed by atoms with Crippen LogP contribution in [0.5, 0.6) is 0 Å². The second kappa shape index (κ2) is 4.27. The van der Waals surface area contributed by atoms with Crippen molar-refractivity contribution in [2.75, 3.05) is 11.1 Å². The Bertz CT molecular complexity index is 350. The quantitative estimate of drug-likeness (QED) is 0.829. The van der Waals surface area contributed by atoms with Crippen molar-refractivity contribution in [3.05, 3.63) is 17.3 Å². The molecule has 1 heterocycles. The van der Waals surface area contributed by atoms with Crippen molar-refractivity contribution in [2.24, 2.45) is 5.92 Å². The highest BCUT2D eigenvalue weighted by Crippen LogP contribution is 2.34. The number of nitrogens with one attached hydrogen (secondary N) is 1. The molecule has 0 bridgehead atoms. The lowest BCUT2D eigenvalue weighted by molar-refractivity contribution is 0.640. The highest BCUT2D eigenvalue weighted by Gasteiger charge is 2.23. The molecular weight excluding hydrogens is 210 g/mol. The number of aromatic nitrogens is 1. The van der Waals surface area contributed by atoms with Gasteiger partial charge in [-0.2, -0.15) is 0 Å². The molecular formula is C11H16ClN3. The van der Waals surface area contributed by atoms with E-state index in [1.54, 1.807) is 12.3 Å². The number of nitrogen functional groups attached to an aromatic ring is 1. The Morgan fingerprint density at radius 3 is 3.00 bits per heavy atom. The zero-order valence-corrected chi connectivity index (χ0v) is 9.59. The summed E-state index contributed by atoms with van der Waals surface area (Å²) in [5.41, 5.74) is 6.17. The van der Waals surface area contributed by atoms with E-state index in [2.05, 4.69) is 17.2 Å². The van der Waals surface area contributed by atoms with Crippen molar-refractivity contribution >= 4 is 23.1 Å². The van der Waals surface area contributed by atoms with E-state index in [1.165, 1.54) is 19.3 Å². The van der Waals surface area contributed by atoms with Gasteiger partial charge >= 0.3 is 0 Å². The number of hydrogen-bond acceptors (Lipinski definition) is 3. The van der Waals surface area contributed by atoms with Crippen LogP contribution in [0.1, 0.15) is 26.2 Å². The second-order valence-electron chi connectivity index (χ2n) is 4.32. The molecule has 15 heavy (non-hydrogen) atoms. The standard InChI is InChI=1S/C11H16ClN3/c1-7(4-8-2-3-8)15-11-10(12)5-9(13)6-14-11/h5-8H,2-4,13H2,1H3,(H,14,15). The smallest absolute Gasteiger partial charge is 0.145 e. The van der Waals surface area contributed by atoms with Gasteiger partial charge in [0.2, 0.25) is 0 Å². The molecule has 1 aliphatic carbocycles. The Balaban J connectivity index is 1.96. The summed E-state index contributed by atoms with van der Waals surface area (Å²) in [6, 6.07) is 2.15. The molecule has 1 saturated carbocycles. The van der Waals surface area contributed by atoms with E-state index < -0.39 is 0 Å². The summed E-state index contributed by atoms with van der Waals surface area (Å²) in [4.78, 5) is 4.18. The average Bonchev–Trinajstić information content (AvgIpc) is 2.94. The maximum Gasteiger partial charge on any atom is 0.145 e. The van der Waals surface area contributed by atoms with Gasteiger partial charge in [0.25, 0.3) is 0 Å². The fourth-order valence-electron chi connectivity index (χ4n) is 1.70. The first-order valence-electron chi connectivity index (χ1n) is 5.32. The number of nitrogens with two attached hydrogens (primary N) is 1. The minimum absolute atomic E-state index is 0.422. The SMILES string of the molecule is CC(CC1CC1)Nc1ncc(N)cc1Cl. The van der Waals surface area contributed by atoms with Gasteiger partial charge < -0.3 is 11.1 Å². The highest BCUT2D eigenvalue weighted by atomic mass is 35.5. The average molecular weight is 226 g/mol. The van der Waals surface area contributed by atoms with Crippen LogP contribution in [0.2, 0.25) is 5.02 Å². The van der Waals surface area contributed by atoms with Gasteiger partial charge in [-0.1, -0.05) is 24.4 Å². The van der Waals surface area contributed by atoms with Gasteiger partial charge in [-0.15, -0.1) is 0 Å². The molecule has 3 N–H and O–H groups in total. The Hall–Kier alpha value is -0.960. The molecule has 1 aromatic rings. The summed E-state index contributed by atoms with van der Waals surface area (Å²) in [6.07, 6.45) is 5.56. The zero-order chi connectivity index (χ0) is 10.8. The Morgan fingerprint density at radius 2 is 2.40 bits per heavy atom. The van der Waals surface area contributed by atoms with Gasteiger partial charge in [0.15, 0.2) is 0 Å². The lowest BCUT2D eigenvalue weighted by Crippen LogP contribution is -2.17. The van der Waals surface area contributed by atoms with Gasteiger partial charge in [-0.05, 0) is 25.3 Å². The van der Waals surface area contributed by atoms with E-state index in [-0.39, 0.29) is 0 Å². The van der Waals surface area contributed by atoms with Crippen molar-refractivity contribution in [3.8, 4) is 0 Å². The number of pyridine rings is 1. The van der Waals surface area contributed by atoms with Crippen LogP contribution in [0.4, 0.5) is 11.5 Å². The summed E-state index contributed by atoms with van der Waals surface area (Å²) in [5.74, 6) is 1.64. The van der Waals surface area contributed by atoms with Crippen LogP contribution in [-0.2, 0) is 0 Å². The third-order valence-corrected chi connectivity index (χ3v) is 2.92. The van der Waals surface area contributed by atoms with E-state index in [0.717, 1.165) is 11.7 Å². The van der Waals surface area contributed by atoms with E-state index in [1.807, 2.05) is 0 Å². The molecule has 0 aliphatic heterocycles. The summed E-state index contributed by atoms with van der Waals surface area (Å²) < 4.78 is 0. The van der Waals surface area contributed by atoms with Crippen molar-refractivity contribution in [3.63, 3.8) is 0 Å². The molecule has 0 aromatic carbocycles. The minimum Gasteiger partial charge on any atom is -0.397 e. The first-order valence-corrected chi connectivity index (χ1v) is 5.70. The third-order valence-electron chi connectivity index (χ3n) is 2.63. The second-order valence-corrected chi connectivity index (χ2v) is 4.73. The molecule has 0 spiro atoms. The van der Waals surface area contributed by atoms with Crippen LogP contribution in [0.3, 0.4) is 0 Å². The van der Waals surface area contributed by atoms with Crippen LogP contribution >= 0.6 is 11.6 Å². The first kappa shape index (κ1) is 10.6. The van der Waals surface area contributed by atoms with Crippen molar-refractivity contribution in [1.82, 2.24) is 4.98 Å². The molecule has 1 unspecified atom stereocenters. The molecule has 0 saturated heterocycles. The Labute approximate surface area is 95.0 Å². The van der Waals surface area contributed by atoms with E-state index in [9.17, 15) is 0 Å². The fourth-order valence-corrected chi connectivity index (χ4v) is 1.93. The maximum absolute atomic E-state index is 6.02. The molecule has 0 amide bonds. The molecule has 1 aromatic heterocycles. The summed E-state index contributed by atoms with van der Waals surface area (Å²) in [7, 11) is 0. The monoisotopic (exact) mass is 225 g/mol. The predicted octanol–water partition coefficient (Wildman–Crippen LogP) is 2.92. The van der Waals surface area contributed by atoms with Gasteiger partial charge in [0.05, 0.1) is 16.9 Å². The summed E-state index contributed by atoms with van der Waals surface area (Å²) >= 11 is 6.02. The third kappa shape index (κ3) is 2.99. The zero-order valence-electron chi connectivity index (χ0n) is 8.83. The minimum atomic E-state index is 0.422. The molecule has 3 nitrogen and oxygen atoms in total. The van der Waals surface area contributed by atoms with E-state index >= 15 is 0 Å². The van der Waals surface area contributed by atoms with Crippen molar-refractivity contribution in [2.45, 2.75) is 32.2 Å². The van der Waals surface area contributed by atoms with Crippen LogP contribution in [-0.4, -0.2) is 11.0 Å². The van der Waals surface area contributed by atoms with Crippen LogP contribution in [0.25, 0.3) is 0 Å². The van der Waals surface area contributed by atoms with Gasteiger partial charge in [0, 0.05) is 6.04 Å². The molecule has 1 aliphatic rings. The van der Waals surface area contributed by atoms with Gasteiger partial charge in [0.1, 0.15) is 5.82 Å². The molecule has 4 heteroatoms. The largest absolute Gasteiger partial charge is 0.397 e. The van der Waals surface area contributed by atoms with E-state index in [4.69, 9.17) is 17.3 Å². The van der Waals surface area contributed by atoms with Gasteiger partial charge in [-0.25, -0.2) is 4.98 Å². The van der Waals surface area contributed by atoms with E-state index in [0.29, 0.717) is 16.8 Å². The van der Waals surface area contributed by atoms with Gasteiger partial charge in [-0.3, -0.25) is 0 Å². The number of rotatable bonds is 4. The summed E-state index contributed by atoms with van der Waals surface area (Å²) in [6.45, 7) is 2.16. The lowest BCUT2D eigenvalue weighted by atomic mass is 10.1. The lowest BCUT2D eigenvalue weighted by Gasteiger charge is -2.15. The van der Waals surface area contributed by atoms with Crippen molar-refractivity contribution < 1.29 is 0 Å². The normalized spacial score (nSPS) is 17.5. The molecule has 1 atom stereocenters.